The van der Waals surface area contributed by atoms with Crippen molar-refractivity contribution < 1.29 is 42.0 Å². The standard InChI is InChI=1S/C41H60F4O5/c1-29(11-12-31-13-18-33(19-14-31)39(48-3)23-7-5-8-24-39)35(22-17-32-15-20-34(46)21-16-32)36(28-38(42)47)30(2)27-37(41(43,44)45)50-40(49-4)25-9-6-10-26-40/h13-16,18-21,29-30,35-38,46-47H,5-12,17,22-28H2,1-4H3. The summed E-state index contributed by atoms with van der Waals surface area (Å²) in [6.07, 6.45) is 2.02. The van der Waals surface area contributed by atoms with Crippen LogP contribution in [0.4, 0.5) is 17.6 Å². The van der Waals surface area contributed by atoms with E-state index < -0.39 is 36.3 Å². The van der Waals surface area contributed by atoms with E-state index in [9.17, 15) is 27.8 Å². The third-order valence-corrected chi connectivity index (χ3v) is 11.9. The van der Waals surface area contributed by atoms with Crippen molar-refractivity contribution in [3.63, 3.8) is 0 Å². The zero-order valence-electron chi connectivity index (χ0n) is 30.5. The van der Waals surface area contributed by atoms with Gasteiger partial charge in [0, 0.05) is 33.5 Å². The molecule has 0 radical (unpaired) electrons. The van der Waals surface area contributed by atoms with Gasteiger partial charge in [-0.15, -0.1) is 0 Å². The Labute approximate surface area is 297 Å². The fraction of sp³-hybridized carbons (Fsp3) is 0.707. The van der Waals surface area contributed by atoms with Crippen LogP contribution in [0.1, 0.15) is 120 Å². The molecular formula is C41H60F4O5. The molecule has 50 heavy (non-hydrogen) atoms. The smallest absolute Gasteiger partial charge is 0.414 e. The average molecular weight is 709 g/mol. The number of hydrogen-bond acceptors (Lipinski definition) is 5. The van der Waals surface area contributed by atoms with E-state index in [4.69, 9.17) is 14.2 Å². The number of methoxy groups -OCH3 is 2. The number of aryl methyl sites for hydroxylation is 2. The summed E-state index contributed by atoms with van der Waals surface area (Å²) in [5, 5.41) is 19.9. The number of alkyl halides is 4. The summed E-state index contributed by atoms with van der Waals surface area (Å²) in [4.78, 5) is 0. The van der Waals surface area contributed by atoms with Crippen LogP contribution < -0.4 is 0 Å². The Hall–Kier alpha value is -2.20. The van der Waals surface area contributed by atoms with E-state index in [1.54, 1.807) is 26.2 Å². The van der Waals surface area contributed by atoms with Crippen LogP contribution in [-0.2, 0) is 32.7 Å². The van der Waals surface area contributed by atoms with Crippen LogP contribution in [0.15, 0.2) is 48.5 Å². The van der Waals surface area contributed by atoms with E-state index in [-0.39, 0.29) is 36.0 Å². The van der Waals surface area contributed by atoms with Gasteiger partial charge in [0.1, 0.15) is 5.75 Å². The molecule has 2 N–H and O–H groups in total. The topological polar surface area (TPSA) is 68.2 Å². The predicted octanol–water partition coefficient (Wildman–Crippen LogP) is 10.6. The van der Waals surface area contributed by atoms with E-state index in [1.165, 1.54) is 19.1 Å². The van der Waals surface area contributed by atoms with Crippen molar-refractivity contribution in [1.29, 1.82) is 0 Å². The number of aliphatic hydroxyl groups is 1. The van der Waals surface area contributed by atoms with Crippen LogP contribution in [0.5, 0.6) is 5.75 Å². The van der Waals surface area contributed by atoms with Gasteiger partial charge in [-0.1, -0.05) is 75.9 Å². The summed E-state index contributed by atoms with van der Waals surface area (Å²) in [5.41, 5.74) is 3.10. The molecule has 2 aromatic carbocycles. The molecule has 0 heterocycles. The average Bonchev–Trinajstić information content (AvgIpc) is 3.11. The number of benzene rings is 2. The molecule has 0 bridgehead atoms. The van der Waals surface area contributed by atoms with E-state index in [0.29, 0.717) is 25.7 Å². The SMILES string of the molecule is COC1(OC(CC(C)C(CC(O)F)C(CCc2ccc(O)cc2)C(C)CCc2ccc(C3(OC)CCCCC3)cc2)C(F)(F)F)CCCCC1. The van der Waals surface area contributed by atoms with Gasteiger partial charge in [0.15, 0.2) is 18.2 Å². The largest absolute Gasteiger partial charge is 0.508 e. The highest BCUT2D eigenvalue weighted by atomic mass is 19.4. The number of hydrogen-bond donors (Lipinski definition) is 2. The van der Waals surface area contributed by atoms with Gasteiger partial charge in [0.05, 0.1) is 5.60 Å². The minimum Gasteiger partial charge on any atom is -0.508 e. The van der Waals surface area contributed by atoms with Crippen molar-refractivity contribution in [3.05, 3.63) is 65.2 Å². The summed E-state index contributed by atoms with van der Waals surface area (Å²) in [5.74, 6) is -2.42. The number of aromatic hydroxyl groups is 1. The van der Waals surface area contributed by atoms with Gasteiger partial charge in [-0.05, 0) is 110 Å². The van der Waals surface area contributed by atoms with Crippen LogP contribution in [0.3, 0.4) is 0 Å². The maximum absolute atomic E-state index is 14.6. The first-order valence-electron chi connectivity index (χ1n) is 18.8. The molecule has 2 saturated carbocycles. The van der Waals surface area contributed by atoms with E-state index >= 15 is 0 Å². The number of phenolic OH excluding ortho intramolecular Hbond substituents is 1. The first-order valence-corrected chi connectivity index (χ1v) is 18.8. The van der Waals surface area contributed by atoms with Crippen LogP contribution in [0.2, 0.25) is 0 Å². The van der Waals surface area contributed by atoms with Gasteiger partial charge >= 0.3 is 6.18 Å². The zero-order chi connectivity index (χ0) is 36.4. The Morgan fingerprint density at radius 1 is 0.700 bits per heavy atom. The molecule has 0 aliphatic heterocycles. The second-order valence-electron chi connectivity index (χ2n) is 15.2. The molecule has 0 saturated heterocycles. The molecule has 282 valence electrons. The molecule has 6 unspecified atom stereocenters. The number of rotatable bonds is 18. The van der Waals surface area contributed by atoms with Crippen molar-refractivity contribution in [2.45, 2.75) is 147 Å². The molecule has 0 aromatic heterocycles. The monoisotopic (exact) mass is 708 g/mol. The molecule has 9 heteroatoms. The summed E-state index contributed by atoms with van der Waals surface area (Å²) in [7, 11) is 3.20. The van der Waals surface area contributed by atoms with Crippen molar-refractivity contribution >= 4 is 0 Å². The number of halogens is 4. The Kier molecular flexibility index (Phi) is 15.0. The van der Waals surface area contributed by atoms with Crippen LogP contribution in [0, 0.1) is 23.7 Å². The zero-order valence-corrected chi connectivity index (χ0v) is 30.5. The lowest BCUT2D eigenvalue weighted by Gasteiger charge is -2.41. The fourth-order valence-corrected chi connectivity index (χ4v) is 8.77. The first-order chi connectivity index (χ1) is 23.8. The van der Waals surface area contributed by atoms with E-state index in [1.807, 2.05) is 12.1 Å². The Morgan fingerprint density at radius 2 is 1.24 bits per heavy atom. The van der Waals surface area contributed by atoms with Crippen LogP contribution in [-0.4, -0.2) is 48.9 Å². The van der Waals surface area contributed by atoms with Gasteiger partial charge in [0.25, 0.3) is 0 Å². The normalized spacial score (nSPS) is 21.5. The lowest BCUT2D eigenvalue weighted by atomic mass is 9.69. The molecule has 2 aliphatic rings. The molecule has 6 atom stereocenters. The summed E-state index contributed by atoms with van der Waals surface area (Å²) in [6, 6.07) is 15.5. The Morgan fingerprint density at radius 3 is 1.76 bits per heavy atom. The first kappa shape index (κ1) is 40.6. The van der Waals surface area contributed by atoms with E-state index in [2.05, 4.69) is 31.2 Å². The minimum absolute atomic E-state index is 0.0237. The Bertz CT molecular complexity index is 1250. The third kappa shape index (κ3) is 11.1. The molecule has 2 aliphatic carbocycles. The van der Waals surface area contributed by atoms with Crippen molar-refractivity contribution in [3.8, 4) is 5.75 Å². The second kappa shape index (κ2) is 18.5. The van der Waals surface area contributed by atoms with Gasteiger partial charge in [-0.2, -0.15) is 13.2 Å². The van der Waals surface area contributed by atoms with Crippen molar-refractivity contribution in [1.82, 2.24) is 0 Å². The fourth-order valence-electron chi connectivity index (χ4n) is 8.77. The second-order valence-corrected chi connectivity index (χ2v) is 15.2. The molecule has 2 aromatic rings. The van der Waals surface area contributed by atoms with E-state index in [0.717, 1.165) is 68.9 Å². The highest BCUT2D eigenvalue weighted by Gasteiger charge is 2.48. The van der Waals surface area contributed by atoms with Gasteiger partial charge in [0.2, 0.25) is 0 Å². The summed E-state index contributed by atoms with van der Waals surface area (Å²) >= 11 is 0. The lowest BCUT2D eigenvalue weighted by Crippen LogP contribution is -2.46. The van der Waals surface area contributed by atoms with Crippen molar-refractivity contribution in [2.24, 2.45) is 23.7 Å². The number of aliphatic hydroxyl groups excluding tert-OH is 1. The van der Waals surface area contributed by atoms with Crippen LogP contribution >= 0.6 is 0 Å². The highest BCUT2D eigenvalue weighted by Crippen LogP contribution is 2.44. The van der Waals surface area contributed by atoms with Crippen molar-refractivity contribution in [2.75, 3.05) is 14.2 Å². The quantitative estimate of drug-likeness (QED) is 0.119. The molecule has 0 spiro atoms. The molecule has 4 rings (SSSR count). The summed E-state index contributed by atoms with van der Waals surface area (Å²) < 4.78 is 75.8. The van der Waals surface area contributed by atoms with Crippen LogP contribution in [0.25, 0.3) is 0 Å². The minimum atomic E-state index is -4.63. The lowest BCUT2D eigenvalue weighted by molar-refractivity contribution is -0.324. The number of phenols is 1. The third-order valence-electron chi connectivity index (χ3n) is 11.9. The Balaban J connectivity index is 1.54. The maximum atomic E-state index is 14.6. The van der Waals surface area contributed by atoms with Gasteiger partial charge in [-0.3, -0.25) is 0 Å². The highest BCUT2D eigenvalue weighted by molar-refractivity contribution is 5.28. The summed E-state index contributed by atoms with van der Waals surface area (Å²) in [6.45, 7) is 3.84. The number of ether oxygens (including phenoxy) is 3. The molecule has 5 nitrogen and oxygen atoms in total. The predicted molar refractivity (Wildman–Crippen MR) is 188 cm³/mol. The molecule has 0 amide bonds. The maximum Gasteiger partial charge on any atom is 0.414 e. The van der Waals surface area contributed by atoms with Gasteiger partial charge in [-0.25, -0.2) is 4.39 Å². The van der Waals surface area contributed by atoms with Gasteiger partial charge < -0.3 is 24.4 Å². The molecular weight excluding hydrogens is 648 g/mol. The molecule has 2 fully saturated rings.